The number of rotatable bonds is 3. The maximum Gasteiger partial charge on any atom is 0.165 e. The molecule has 0 heterocycles. The Balaban J connectivity index is 3.53. The van der Waals surface area contributed by atoms with Gasteiger partial charge in [0.1, 0.15) is 0 Å². The number of hydrogen-bond donors (Lipinski definition) is 0. The molecule has 0 amide bonds. The summed E-state index contributed by atoms with van der Waals surface area (Å²) in [5.74, 6) is -3.23. The van der Waals surface area contributed by atoms with E-state index in [4.69, 9.17) is 25.3 Å². The number of ketones is 1. The Morgan fingerprint density at radius 1 is 1.56 bits per heavy atom. The first-order chi connectivity index (χ1) is 11.4. The van der Waals surface area contributed by atoms with Gasteiger partial charge in [-0.3, -0.25) is 4.79 Å². The molecule has 0 fully saturated rings. The van der Waals surface area contributed by atoms with Gasteiger partial charge in [0.05, 0.1) is 0 Å². The van der Waals surface area contributed by atoms with Gasteiger partial charge in [-0.2, -0.15) is 0 Å². The van der Waals surface area contributed by atoms with Crippen molar-refractivity contribution in [3.05, 3.63) is 34.9 Å². The van der Waals surface area contributed by atoms with Crippen LogP contribution in [-0.4, -0.2) is 5.78 Å². The first-order valence-corrected chi connectivity index (χ1v) is 5.05. The van der Waals surface area contributed by atoms with Gasteiger partial charge in [-0.15, -0.1) is 0 Å². The highest BCUT2D eigenvalue weighted by molar-refractivity contribution is 6.31. The number of halogens is 1. The van der Waals surface area contributed by atoms with Gasteiger partial charge in [0.2, 0.25) is 0 Å². The molecule has 1 rings (SSSR count). The number of Topliss-reactive ketones (excluding diaryl/α,β-unsaturated/α-hetero) is 1. The molecular formula is C14H19ClO. The molecule has 0 aliphatic heterocycles. The van der Waals surface area contributed by atoms with Gasteiger partial charge in [0.25, 0.3) is 0 Å². The summed E-state index contributed by atoms with van der Waals surface area (Å²) in [6, 6.07) is 5.51. The van der Waals surface area contributed by atoms with Crippen LogP contribution in [0.2, 0.25) is 5.02 Å². The van der Waals surface area contributed by atoms with Gasteiger partial charge in [-0.25, -0.2) is 0 Å². The normalized spacial score (nSPS) is 27.1. The second-order valence-electron chi connectivity index (χ2n) is 3.70. The molecule has 1 aromatic carbocycles. The molecule has 0 unspecified atom stereocenters. The van der Waals surface area contributed by atoms with Gasteiger partial charge in [-0.05, 0) is 24.0 Å². The second kappa shape index (κ2) is 5.01. The zero-order valence-electron chi connectivity index (χ0n) is 18.8. The van der Waals surface area contributed by atoms with Crippen molar-refractivity contribution in [1.82, 2.24) is 0 Å². The lowest BCUT2D eigenvalue weighted by molar-refractivity contribution is 0.0897. The minimum Gasteiger partial charge on any atom is -0.294 e. The molecule has 0 N–H and O–H groups in total. The summed E-state index contributed by atoms with van der Waals surface area (Å²) in [4.78, 5) is 12.7. The molecule has 1 nitrogen and oxygen atoms in total. The molecule has 0 spiro atoms. The van der Waals surface area contributed by atoms with Crippen molar-refractivity contribution >= 4 is 17.4 Å². The summed E-state index contributed by atoms with van der Waals surface area (Å²) in [6.45, 7) is -9.37. The van der Waals surface area contributed by atoms with E-state index >= 15 is 0 Å². The van der Waals surface area contributed by atoms with Crippen molar-refractivity contribution in [1.29, 1.82) is 0 Å². The van der Waals surface area contributed by atoms with Crippen molar-refractivity contribution in [3.8, 4) is 0 Å². The van der Waals surface area contributed by atoms with E-state index in [9.17, 15) is 4.79 Å². The van der Waals surface area contributed by atoms with Crippen LogP contribution in [0.15, 0.2) is 24.3 Å². The second-order valence-corrected chi connectivity index (χ2v) is 4.14. The molecule has 16 heavy (non-hydrogen) atoms. The molecule has 0 bridgehead atoms. The number of benzene rings is 1. The maximum atomic E-state index is 12.7. The fourth-order valence-corrected chi connectivity index (χ4v) is 1.54. The van der Waals surface area contributed by atoms with Crippen LogP contribution >= 0.6 is 11.6 Å². The number of carbonyl (C=O) groups is 1. The van der Waals surface area contributed by atoms with Crippen LogP contribution in [-0.2, 0) is 0 Å². The summed E-state index contributed by atoms with van der Waals surface area (Å²) in [7, 11) is 0. The summed E-state index contributed by atoms with van der Waals surface area (Å²) in [5, 5.41) is 0.195. The highest BCUT2D eigenvalue weighted by Crippen LogP contribution is 2.26. The summed E-state index contributed by atoms with van der Waals surface area (Å²) >= 11 is 5.81. The largest absolute Gasteiger partial charge is 0.294 e. The highest BCUT2D eigenvalue weighted by atomic mass is 35.5. The third kappa shape index (κ3) is 3.97. The molecular weight excluding hydrogens is 220 g/mol. The lowest BCUT2D eigenvalue weighted by Crippen LogP contribution is -2.18. The fourth-order valence-electron chi connectivity index (χ4n) is 1.35. The Morgan fingerprint density at radius 2 is 2.25 bits per heavy atom. The number of hydrogen-bond acceptors (Lipinski definition) is 1. The zero-order valence-corrected chi connectivity index (χ0v) is 9.56. The van der Waals surface area contributed by atoms with Crippen molar-refractivity contribution in [2.45, 2.75) is 33.9 Å². The minimum atomic E-state index is -3.46. The van der Waals surface area contributed by atoms with Crippen molar-refractivity contribution in [2.24, 2.45) is 11.3 Å². The van der Waals surface area contributed by atoms with E-state index in [2.05, 4.69) is 0 Å². The van der Waals surface area contributed by atoms with Crippen LogP contribution < -0.4 is 0 Å². The fraction of sp³-hybridized carbons (Fsp3) is 0.500. The van der Waals surface area contributed by atoms with Gasteiger partial charge < -0.3 is 0 Å². The highest BCUT2D eigenvalue weighted by Gasteiger charge is 2.21. The van der Waals surface area contributed by atoms with Crippen LogP contribution in [0, 0.1) is 11.3 Å². The smallest absolute Gasteiger partial charge is 0.165 e. The van der Waals surface area contributed by atoms with E-state index in [1.807, 2.05) is 0 Å². The first-order valence-electron chi connectivity index (χ1n) is 9.67. The van der Waals surface area contributed by atoms with E-state index < -0.39 is 44.1 Å². The van der Waals surface area contributed by atoms with Gasteiger partial charge in [0.15, 0.2) is 5.78 Å². The molecule has 1 aromatic rings. The van der Waals surface area contributed by atoms with Crippen molar-refractivity contribution in [2.75, 3.05) is 0 Å². The Bertz CT molecular complexity index is 635. The van der Waals surface area contributed by atoms with E-state index in [1.165, 1.54) is 24.3 Å². The minimum absolute atomic E-state index is 0.0366. The van der Waals surface area contributed by atoms with Crippen LogP contribution in [0.5, 0.6) is 0 Å². The molecule has 0 saturated heterocycles. The third-order valence-electron chi connectivity index (χ3n) is 2.00. The Morgan fingerprint density at radius 3 is 2.81 bits per heavy atom. The monoisotopic (exact) mass is 248 g/mol. The molecule has 0 saturated carbocycles. The van der Waals surface area contributed by atoms with Crippen LogP contribution in [0.25, 0.3) is 0 Å². The van der Waals surface area contributed by atoms with Gasteiger partial charge >= 0.3 is 0 Å². The quantitative estimate of drug-likeness (QED) is 0.715. The lowest BCUT2D eigenvalue weighted by atomic mass is 9.82. The predicted octanol–water partition coefficient (Wildman–Crippen LogP) is 4.60. The SMILES string of the molecule is [2H]C([2H])([2H])C(C[C@]([2H])(C)C(=O)c1cccc(Cl)c1)(C([2H])([2H])[2H])C([2H])([2H])[2H]. The van der Waals surface area contributed by atoms with Crippen LogP contribution in [0.1, 0.15) is 58.0 Å². The van der Waals surface area contributed by atoms with E-state index in [1.54, 1.807) is 0 Å². The van der Waals surface area contributed by atoms with Gasteiger partial charge in [-0.1, -0.05) is 51.2 Å². The van der Waals surface area contributed by atoms with Crippen LogP contribution in [0.4, 0.5) is 0 Å². The van der Waals surface area contributed by atoms with E-state index in [0.29, 0.717) is 0 Å². The summed E-state index contributed by atoms with van der Waals surface area (Å²) in [6.07, 6.45) is -1.20. The van der Waals surface area contributed by atoms with Crippen LogP contribution in [0.3, 0.4) is 0 Å². The van der Waals surface area contributed by atoms with Crippen molar-refractivity contribution < 1.29 is 18.5 Å². The van der Waals surface area contributed by atoms with Gasteiger partial charge in [0, 0.05) is 30.2 Å². The summed E-state index contributed by atoms with van der Waals surface area (Å²) < 4.78 is 76.7. The average Bonchev–Trinajstić information content (AvgIpc) is 2.40. The molecule has 2 heteroatoms. The Hall–Kier alpha value is -0.820. The lowest BCUT2D eigenvalue weighted by Gasteiger charge is -2.22. The first kappa shape index (κ1) is 4.81. The predicted molar refractivity (Wildman–Crippen MR) is 69.0 cm³/mol. The van der Waals surface area contributed by atoms with E-state index in [0.717, 1.165) is 6.92 Å². The molecule has 0 aliphatic carbocycles. The zero-order chi connectivity index (χ0) is 20.8. The standard InChI is InChI=1S/C14H19ClO/c1-10(9-14(2,3)4)13(16)11-6-5-7-12(15)8-11/h5-8,10H,9H2,1-4H3/t10-/m0/s1/i2D3,3D3,4D3,10D. The average molecular weight is 249 g/mol. The number of carbonyl (C=O) groups excluding carboxylic acids is 1. The Kier molecular flexibility index (Phi) is 1.51. The molecule has 0 aromatic heterocycles. The molecule has 0 aliphatic rings. The molecule has 1 atom stereocenters. The topological polar surface area (TPSA) is 17.1 Å². The molecule has 0 radical (unpaired) electrons. The Labute approximate surface area is 117 Å². The third-order valence-corrected chi connectivity index (χ3v) is 2.24. The van der Waals surface area contributed by atoms with Crippen molar-refractivity contribution in [3.63, 3.8) is 0 Å². The maximum absolute atomic E-state index is 12.7. The molecule has 88 valence electrons. The summed E-state index contributed by atoms with van der Waals surface area (Å²) in [5.41, 5.74) is -3.27. The van der Waals surface area contributed by atoms with E-state index in [-0.39, 0.29) is 10.6 Å².